The summed E-state index contributed by atoms with van der Waals surface area (Å²) in [7, 11) is 3.26. The van der Waals surface area contributed by atoms with Crippen molar-refractivity contribution in [3.63, 3.8) is 0 Å². The van der Waals surface area contributed by atoms with Crippen LogP contribution in [0.1, 0.15) is 0 Å². The van der Waals surface area contributed by atoms with Crippen LogP contribution in [0.2, 0.25) is 0 Å². The maximum atomic E-state index is 5.23. The molecule has 0 saturated heterocycles. The fourth-order valence-electron chi connectivity index (χ4n) is 1.41. The predicted molar refractivity (Wildman–Crippen MR) is 66.5 cm³/mol. The van der Waals surface area contributed by atoms with Crippen molar-refractivity contribution in [2.24, 2.45) is 0 Å². The average molecular weight is 241 g/mol. The highest BCUT2D eigenvalue weighted by Crippen LogP contribution is 2.40. The molecule has 0 radical (unpaired) electrons. The molecule has 0 amide bonds. The second-order valence-corrected chi connectivity index (χ2v) is 4.55. The molecule has 0 aromatic heterocycles. The normalized spacial score (nSPS) is 14.1. The second kappa shape index (κ2) is 4.28. The molecule has 0 saturated carbocycles. The Kier molecular flexibility index (Phi) is 3.02. The van der Waals surface area contributed by atoms with E-state index in [9.17, 15) is 0 Å². The van der Waals surface area contributed by atoms with E-state index in [-0.39, 0.29) is 0 Å². The Bertz CT molecular complexity index is 407. The minimum atomic E-state index is 0.717. The van der Waals surface area contributed by atoms with Crippen LogP contribution in [0.3, 0.4) is 0 Å². The van der Waals surface area contributed by atoms with Crippen LogP contribution in [0.15, 0.2) is 17.0 Å². The average Bonchev–Trinajstić information content (AvgIpc) is 2.27. The first kappa shape index (κ1) is 10.6. The highest BCUT2D eigenvalue weighted by molar-refractivity contribution is 8.01. The van der Waals surface area contributed by atoms with Crippen LogP contribution in [0.4, 0.5) is 5.69 Å². The van der Waals surface area contributed by atoms with Crippen LogP contribution >= 0.6 is 24.0 Å². The quantitative estimate of drug-likeness (QED) is 0.804. The molecular formula is C10H11NO2S2. The van der Waals surface area contributed by atoms with Crippen molar-refractivity contribution in [3.8, 4) is 11.5 Å². The third kappa shape index (κ3) is 2.03. The minimum absolute atomic E-state index is 0.717. The molecular weight excluding hydrogens is 230 g/mol. The molecule has 80 valence electrons. The topological polar surface area (TPSA) is 30.5 Å². The first-order chi connectivity index (χ1) is 7.24. The van der Waals surface area contributed by atoms with Gasteiger partial charge < -0.3 is 14.8 Å². The van der Waals surface area contributed by atoms with Gasteiger partial charge in [-0.2, -0.15) is 0 Å². The molecule has 1 aliphatic rings. The van der Waals surface area contributed by atoms with Gasteiger partial charge in [0.1, 0.15) is 0 Å². The zero-order chi connectivity index (χ0) is 10.8. The van der Waals surface area contributed by atoms with Gasteiger partial charge in [-0.1, -0.05) is 12.2 Å². The molecule has 1 N–H and O–H groups in total. The minimum Gasteiger partial charge on any atom is -0.493 e. The lowest BCUT2D eigenvalue weighted by Gasteiger charge is -2.20. The van der Waals surface area contributed by atoms with Gasteiger partial charge in [-0.3, -0.25) is 0 Å². The Labute approximate surface area is 98.1 Å². The molecule has 3 nitrogen and oxygen atoms in total. The number of thiocarbonyl (C=S) groups is 1. The molecule has 5 heteroatoms. The Morgan fingerprint density at radius 2 is 1.93 bits per heavy atom. The summed E-state index contributed by atoms with van der Waals surface area (Å²) in [6.07, 6.45) is 0. The van der Waals surface area contributed by atoms with Crippen LogP contribution in [-0.4, -0.2) is 25.0 Å². The van der Waals surface area contributed by atoms with E-state index >= 15 is 0 Å². The number of rotatable bonds is 2. The van der Waals surface area contributed by atoms with Crippen LogP contribution in [0.5, 0.6) is 11.5 Å². The lowest BCUT2D eigenvalue weighted by atomic mass is 10.2. The number of thioether (sulfide) groups is 1. The molecule has 2 rings (SSSR count). The maximum Gasteiger partial charge on any atom is 0.162 e. The van der Waals surface area contributed by atoms with Crippen molar-refractivity contribution in [1.29, 1.82) is 0 Å². The van der Waals surface area contributed by atoms with Gasteiger partial charge in [0.25, 0.3) is 0 Å². The summed E-state index contributed by atoms with van der Waals surface area (Å²) in [5, 5.41) is 3.16. The van der Waals surface area contributed by atoms with Gasteiger partial charge in [0.15, 0.2) is 11.5 Å². The Hall–Kier alpha value is -0.940. The number of fused-ring (bicyclic) bond motifs is 1. The molecule has 0 aliphatic carbocycles. The molecule has 0 unspecified atom stereocenters. The number of hydrogen-bond acceptors (Lipinski definition) is 4. The molecule has 15 heavy (non-hydrogen) atoms. The number of nitrogens with one attached hydrogen (secondary N) is 1. The highest BCUT2D eigenvalue weighted by atomic mass is 32.2. The summed E-state index contributed by atoms with van der Waals surface area (Å²) in [4.78, 5) is 1.99. The van der Waals surface area contributed by atoms with Crippen molar-refractivity contribution < 1.29 is 9.47 Å². The van der Waals surface area contributed by atoms with Crippen molar-refractivity contribution in [3.05, 3.63) is 12.1 Å². The number of methoxy groups -OCH3 is 2. The van der Waals surface area contributed by atoms with E-state index in [0.717, 1.165) is 27.1 Å². The van der Waals surface area contributed by atoms with Crippen LogP contribution < -0.4 is 14.8 Å². The second-order valence-electron chi connectivity index (χ2n) is 3.04. The van der Waals surface area contributed by atoms with Gasteiger partial charge in [0, 0.05) is 16.7 Å². The molecule has 1 aliphatic heterocycles. The molecule has 0 atom stereocenters. The summed E-state index contributed by atoms with van der Waals surface area (Å²) < 4.78 is 10.5. The van der Waals surface area contributed by atoms with Crippen LogP contribution in [0, 0.1) is 0 Å². The Balaban J connectivity index is 2.45. The number of ether oxygens (including phenoxy) is 2. The number of benzene rings is 1. The first-order valence-corrected chi connectivity index (χ1v) is 5.82. The summed E-state index contributed by atoms with van der Waals surface area (Å²) in [6.45, 7) is 0. The summed E-state index contributed by atoms with van der Waals surface area (Å²) >= 11 is 6.82. The third-order valence-electron chi connectivity index (χ3n) is 2.12. The van der Waals surface area contributed by atoms with Gasteiger partial charge in [-0.15, -0.1) is 11.8 Å². The fraction of sp³-hybridized carbons (Fsp3) is 0.300. The molecule has 1 heterocycles. The van der Waals surface area contributed by atoms with Crippen LogP contribution in [-0.2, 0) is 0 Å². The van der Waals surface area contributed by atoms with Gasteiger partial charge >= 0.3 is 0 Å². The highest BCUT2D eigenvalue weighted by Gasteiger charge is 2.16. The number of anilines is 1. The monoisotopic (exact) mass is 241 g/mol. The van der Waals surface area contributed by atoms with E-state index in [1.807, 2.05) is 12.1 Å². The first-order valence-electron chi connectivity index (χ1n) is 4.43. The lowest BCUT2D eigenvalue weighted by Crippen LogP contribution is -2.16. The maximum absolute atomic E-state index is 5.23. The van der Waals surface area contributed by atoms with Crippen molar-refractivity contribution in [1.82, 2.24) is 0 Å². The van der Waals surface area contributed by atoms with Crippen LogP contribution in [0.25, 0.3) is 0 Å². The largest absolute Gasteiger partial charge is 0.493 e. The summed E-state index contributed by atoms with van der Waals surface area (Å²) in [5.41, 5.74) is 0.994. The van der Waals surface area contributed by atoms with Gasteiger partial charge in [-0.05, 0) is 6.07 Å². The van der Waals surface area contributed by atoms with E-state index in [0.29, 0.717) is 5.75 Å². The molecule has 0 fully saturated rings. The molecule has 1 aromatic rings. The van der Waals surface area contributed by atoms with E-state index in [1.54, 1.807) is 26.0 Å². The zero-order valence-electron chi connectivity index (χ0n) is 8.49. The lowest BCUT2D eigenvalue weighted by molar-refractivity contribution is 0.354. The molecule has 0 spiro atoms. The molecule has 1 aromatic carbocycles. The number of hydrogen-bond donors (Lipinski definition) is 1. The zero-order valence-corrected chi connectivity index (χ0v) is 10.1. The van der Waals surface area contributed by atoms with Gasteiger partial charge in [-0.25, -0.2) is 0 Å². The smallest absolute Gasteiger partial charge is 0.162 e. The van der Waals surface area contributed by atoms with Crippen molar-refractivity contribution in [2.75, 3.05) is 25.3 Å². The predicted octanol–water partition coefficient (Wildman–Crippen LogP) is 2.55. The SMILES string of the molecule is COc1cc2c(cc1OC)SCC(=S)N2. The summed E-state index contributed by atoms with van der Waals surface area (Å²) in [6, 6.07) is 3.88. The Morgan fingerprint density at radius 1 is 1.27 bits per heavy atom. The van der Waals surface area contributed by atoms with Gasteiger partial charge in [0.05, 0.1) is 24.9 Å². The standard InChI is InChI=1S/C10H11NO2S2/c1-12-7-3-6-9(4-8(7)13-2)15-5-10(14)11-6/h3-4H,5H2,1-2H3,(H,11,14). The van der Waals surface area contributed by atoms with Crippen molar-refractivity contribution >= 4 is 34.7 Å². The Morgan fingerprint density at radius 3 is 2.60 bits per heavy atom. The van der Waals surface area contributed by atoms with E-state index in [2.05, 4.69) is 5.32 Å². The van der Waals surface area contributed by atoms with E-state index in [1.165, 1.54) is 0 Å². The van der Waals surface area contributed by atoms with E-state index in [4.69, 9.17) is 21.7 Å². The molecule has 0 bridgehead atoms. The van der Waals surface area contributed by atoms with Gasteiger partial charge in [0.2, 0.25) is 0 Å². The fourth-order valence-corrected chi connectivity index (χ4v) is 2.51. The van der Waals surface area contributed by atoms with Crippen molar-refractivity contribution in [2.45, 2.75) is 4.90 Å². The third-order valence-corrected chi connectivity index (χ3v) is 3.63. The van der Waals surface area contributed by atoms with E-state index < -0.39 is 0 Å². The summed E-state index contributed by atoms with van der Waals surface area (Å²) in [5.74, 6) is 2.28.